The number of imide groups is 1. The number of nitrogens with zero attached hydrogens (tertiary/aromatic N) is 2. The van der Waals surface area contributed by atoms with Gasteiger partial charge < -0.3 is 9.47 Å². The number of hydrogen-bond donors (Lipinski definition) is 1. The monoisotopic (exact) mass is 453 g/mol. The van der Waals surface area contributed by atoms with Crippen molar-refractivity contribution in [1.82, 2.24) is 15.1 Å². The minimum atomic E-state index is -0.863. The Balaban J connectivity index is 2.47. The summed E-state index contributed by atoms with van der Waals surface area (Å²) in [5.74, 6) is 0. The van der Waals surface area contributed by atoms with Crippen molar-refractivity contribution in [3.63, 3.8) is 0 Å². The van der Waals surface area contributed by atoms with Gasteiger partial charge in [-0.1, -0.05) is 15.9 Å². The Kier molecular flexibility index (Phi) is 6.18. The second-order valence-corrected chi connectivity index (χ2v) is 9.15. The van der Waals surface area contributed by atoms with E-state index >= 15 is 0 Å². The van der Waals surface area contributed by atoms with Crippen molar-refractivity contribution in [2.45, 2.75) is 59.3 Å². The highest BCUT2D eigenvalue weighted by Gasteiger charge is 2.32. The van der Waals surface area contributed by atoms with Crippen molar-refractivity contribution in [2.24, 2.45) is 0 Å². The average Bonchev–Trinajstić information content (AvgIpc) is 2.50. The van der Waals surface area contributed by atoms with Crippen LogP contribution in [0.5, 0.6) is 0 Å². The van der Waals surface area contributed by atoms with E-state index in [0.29, 0.717) is 16.5 Å². The highest BCUT2D eigenvalue weighted by atomic mass is 79.9. The molecule has 1 aromatic heterocycles. The number of fused-ring (bicyclic) bond motifs is 1. The van der Waals surface area contributed by atoms with Crippen LogP contribution >= 0.6 is 15.9 Å². The van der Waals surface area contributed by atoms with Crippen LogP contribution in [-0.2, 0) is 16.0 Å². The van der Waals surface area contributed by atoms with Crippen molar-refractivity contribution in [3.05, 3.63) is 38.7 Å². The summed E-state index contributed by atoms with van der Waals surface area (Å²) in [7, 11) is 0. The van der Waals surface area contributed by atoms with Gasteiger partial charge in [-0.15, -0.1) is 0 Å². The van der Waals surface area contributed by atoms with Crippen molar-refractivity contribution >= 4 is 38.9 Å². The molecule has 152 valence electrons. The van der Waals surface area contributed by atoms with E-state index in [4.69, 9.17) is 9.47 Å². The predicted molar refractivity (Wildman–Crippen MR) is 108 cm³/mol. The molecular weight excluding hydrogens is 430 g/mol. The molecule has 0 spiro atoms. The Morgan fingerprint density at radius 3 is 2.07 bits per heavy atom. The second kappa shape index (κ2) is 7.90. The molecule has 9 heteroatoms. The molecular formula is C19H24BrN3O5. The van der Waals surface area contributed by atoms with E-state index in [0.717, 1.165) is 9.37 Å². The van der Waals surface area contributed by atoms with E-state index in [1.54, 1.807) is 59.7 Å². The predicted octanol–water partition coefficient (Wildman–Crippen LogP) is 4.36. The summed E-state index contributed by atoms with van der Waals surface area (Å²) in [6.07, 6.45) is -1.73. The van der Waals surface area contributed by atoms with Gasteiger partial charge in [0.1, 0.15) is 11.2 Å². The van der Waals surface area contributed by atoms with Crippen LogP contribution in [0.2, 0.25) is 0 Å². The summed E-state index contributed by atoms with van der Waals surface area (Å²) >= 11 is 3.36. The Labute approximate surface area is 171 Å². The van der Waals surface area contributed by atoms with Crippen molar-refractivity contribution in [1.29, 1.82) is 0 Å². The topological polar surface area (TPSA) is 102 Å². The number of hydrogen-bond acceptors (Lipinski definition) is 6. The third-order valence-corrected chi connectivity index (χ3v) is 3.86. The molecule has 0 atom stereocenters. The van der Waals surface area contributed by atoms with Crippen LogP contribution in [0.1, 0.15) is 47.2 Å². The molecule has 28 heavy (non-hydrogen) atoms. The molecule has 0 fully saturated rings. The van der Waals surface area contributed by atoms with Gasteiger partial charge in [0.2, 0.25) is 0 Å². The second-order valence-electron chi connectivity index (χ2n) is 8.24. The van der Waals surface area contributed by atoms with Crippen LogP contribution in [0.3, 0.4) is 0 Å². The minimum Gasteiger partial charge on any atom is -0.443 e. The molecule has 2 rings (SSSR count). The molecule has 1 aromatic carbocycles. The van der Waals surface area contributed by atoms with Crippen LogP contribution in [0.4, 0.5) is 9.59 Å². The van der Waals surface area contributed by atoms with Crippen molar-refractivity contribution in [3.8, 4) is 0 Å². The maximum absolute atomic E-state index is 12.7. The summed E-state index contributed by atoms with van der Waals surface area (Å²) in [4.78, 5) is 38.2. The minimum absolute atomic E-state index is 0.229. The molecule has 0 saturated heterocycles. The molecule has 0 aliphatic carbocycles. The quantitative estimate of drug-likeness (QED) is 0.724. The molecule has 8 nitrogen and oxygen atoms in total. The normalized spacial score (nSPS) is 12.0. The summed E-state index contributed by atoms with van der Waals surface area (Å²) < 4.78 is 11.4. The fourth-order valence-electron chi connectivity index (χ4n) is 2.30. The maximum Gasteiger partial charge on any atom is 0.420 e. The van der Waals surface area contributed by atoms with Crippen LogP contribution in [0.15, 0.2) is 27.5 Å². The Bertz CT molecular complexity index is 929. The van der Waals surface area contributed by atoms with Gasteiger partial charge in [0.25, 0.3) is 5.56 Å². The highest BCUT2D eigenvalue weighted by Crippen LogP contribution is 2.22. The lowest BCUT2D eigenvalue weighted by atomic mass is 10.1. The van der Waals surface area contributed by atoms with E-state index < -0.39 is 23.4 Å². The standard InChI is InChI=1S/C19H24BrN3O5/c1-18(2,3)27-16(25)23(17(26)28-19(4,5)6)10-14-13-9-11(20)7-8-12(13)15(24)22-21-14/h7-9H,10H2,1-6H3,(H,22,24). The maximum atomic E-state index is 12.7. The van der Waals surface area contributed by atoms with Gasteiger partial charge in [0, 0.05) is 9.86 Å². The van der Waals surface area contributed by atoms with Gasteiger partial charge in [-0.05, 0) is 59.7 Å². The molecule has 1 heterocycles. The zero-order valence-electron chi connectivity index (χ0n) is 16.8. The molecule has 2 amide bonds. The lowest BCUT2D eigenvalue weighted by Crippen LogP contribution is -2.43. The molecule has 0 radical (unpaired) electrons. The van der Waals surface area contributed by atoms with E-state index in [9.17, 15) is 14.4 Å². The van der Waals surface area contributed by atoms with Crippen molar-refractivity contribution in [2.75, 3.05) is 0 Å². The summed E-state index contributed by atoms with van der Waals surface area (Å²) in [5.41, 5.74) is -1.65. The number of aromatic amines is 1. The zero-order valence-corrected chi connectivity index (χ0v) is 18.3. The molecule has 0 unspecified atom stereocenters. The number of carbonyl (C=O) groups is 2. The number of rotatable bonds is 2. The van der Waals surface area contributed by atoms with E-state index in [2.05, 4.69) is 26.1 Å². The number of benzene rings is 1. The lowest BCUT2D eigenvalue weighted by molar-refractivity contribution is -0.000425. The highest BCUT2D eigenvalue weighted by molar-refractivity contribution is 9.10. The van der Waals surface area contributed by atoms with E-state index in [1.807, 2.05) is 0 Å². The number of H-pyrrole nitrogens is 1. The first-order chi connectivity index (χ1) is 12.8. The van der Waals surface area contributed by atoms with E-state index in [-0.39, 0.29) is 12.1 Å². The number of amides is 2. The molecule has 1 N–H and O–H groups in total. The SMILES string of the molecule is CC(C)(C)OC(=O)N(Cc1n[nH]c(=O)c2ccc(Br)cc12)C(=O)OC(C)(C)C. The van der Waals surface area contributed by atoms with Gasteiger partial charge in [0.05, 0.1) is 17.6 Å². The number of carbonyl (C=O) groups excluding carboxylic acids is 2. The smallest absolute Gasteiger partial charge is 0.420 e. The summed E-state index contributed by atoms with van der Waals surface area (Å²) in [5, 5.41) is 7.32. The first-order valence-electron chi connectivity index (χ1n) is 8.67. The third kappa shape index (κ3) is 5.79. The van der Waals surface area contributed by atoms with Gasteiger partial charge in [-0.2, -0.15) is 5.10 Å². The van der Waals surface area contributed by atoms with Gasteiger partial charge >= 0.3 is 12.2 Å². The number of aromatic nitrogens is 2. The Morgan fingerprint density at radius 1 is 1.04 bits per heavy atom. The number of nitrogens with one attached hydrogen (secondary N) is 1. The average molecular weight is 454 g/mol. The van der Waals surface area contributed by atoms with Crippen molar-refractivity contribution < 1.29 is 19.1 Å². The molecule has 0 aliphatic rings. The number of halogens is 1. The van der Waals surface area contributed by atoms with Crippen LogP contribution < -0.4 is 5.56 Å². The fourth-order valence-corrected chi connectivity index (χ4v) is 2.66. The van der Waals surface area contributed by atoms with Gasteiger partial charge in [-0.3, -0.25) is 4.79 Å². The van der Waals surface area contributed by atoms with Gasteiger partial charge in [0.15, 0.2) is 0 Å². The molecule has 0 saturated carbocycles. The molecule has 0 bridgehead atoms. The van der Waals surface area contributed by atoms with Gasteiger partial charge in [-0.25, -0.2) is 19.6 Å². The lowest BCUT2D eigenvalue weighted by Gasteiger charge is -2.28. The Morgan fingerprint density at radius 2 is 1.57 bits per heavy atom. The first kappa shape index (κ1) is 21.9. The Hall–Kier alpha value is -2.42. The molecule has 0 aliphatic heterocycles. The zero-order chi connectivity index (χ0) is 21.3. The van der Waals surface area contributed by atoms with Crippen LogP contribution in [-0.4, -0.2) is 38.5 Å². The summed E-state index contributed by atoms with van der Waals surface area (Å²) in [6.45, 7) is 9.96. The van der Waals surface area contributed by atoms with Crippen LogP contribution in [0, 0.1) is 0 Å². The third-order valence-electron chi connectivity index (χ3n) is 3.37. The number of ether oxygens (including phenoxy) is 2. The first-order valence-corrected chi connectivity index (χ1v) is 9.46. The van der Waals surface area contributed by atoms with E-state index in [1.165, 1.54) is 0 Å². The fraction of sp³-hybridized carbons (Fsp3) is 0.474. The largest absolute Gasteiger partial charge is 0.443 e. The van der Waals surface area contributed by atoms with Crippen LogP contribution in [0.25, 0.3) is 10.8 Å². The summed E-state index contributed by atoms with van der Waals surface area (Å²) in [6, 6.07) is 5.06. The molecule has 2 aromatic rings.